The predicted octanol–water partition coefficient (Wildman–Crippen LogP) is 2.10. The summed E-state index contributed by atoms with van der Waals surface area (Å²) in [4.78, 5) is 8.65. The van der Waals surface area contributed by atoms with Gasteiger partial charge in [-0.15, -0.1) is 0 Å². The van der Waals surface area contributed by atoms with E-state index >= 15 is 0 Å². The van der Waals surface area contributed by atoms with Gasteiger partial charge in [0.25, 0.3) is 0 Å². The molecule has 15 heavy (non-hydrogen) atoms. The highest BCUT2D eigenvalue weighted by molar-refractivity contribution is 7.73. The Hall–Kier alpha value is -0.690. The van der Waals surface area contributed by atoms with Gasteiger partial charge in [0.05, 0.1) is 0 Å². The zero-order valence-electron chi connectivity index (χ0n) is 8.89. The second kappa shape index (κ2) is 3.15. The van der Waals surface area contributed by atoms with Gasteiger partial charge in [0.1, 0.15) is 0 Å². The van der Waals surface area contributed by atoms with Crippen molar-refractivity contribution in [1.82, 2.24) is 9.97 Å². The van der Waals surface area contributed by atoms with E-state index < -0.39 is 7.14 Å². The smallest absolute Gasteiger partial charge is 0.189 e. The molecule has 2 aliphatic rings. The SMILES string of the molecule is Cc1ccnc(P(=O)(C2CC2)C2CC2)n1. The van der Waals surface area contributed by atoms with Crippen molar-refractivity contribution in [3.05, 3.63) is 18.0 Å². The summed E-state index contributed by atoms with van der Waals surface area (Å²) in [5.41, 5.74) is 2.41. The van der Waals surface area contributed by atoms with E-state index in [0.717, 1.165) is 31.4 Å². The third-order valence-corrected chi connectivity index (χ3v) is 7.32. The molecule has 0 unspecified atom stereocenters. The number of aromatic nitrogens is 2. The molecule has 0 spiro atoms. The second-order valence-corrected chi connectivity index (χ2v) is 7.95. The fraction of sp³-hybridized carbons (Fsp3) is 0.636. The van der Waals surface area contributed by atoms with Gasteiger partial charge in [-0.2, -0.15) is 0 Å². The Morgan fingerprint density at radius 1 is 1.27 bits per heavy atom. The van der Waals surface area contributed by atoms with Gasteiger partial charge in [0.15, 0.2) is 12.7 Å². The molecule has 0 aromatic carbocycles. The Morgan fingerprint density at radius 3 is 2.33 bits per heavy atom. The van der Waals surface area contributed by atoms with Crippen molar-refractivity contribution in [1.29, 1.82) is 0 Å². The van der Waals surface area contributed by atoms with E-state index in [-0.39, 0.29) is 0 Å². The highest BCUT2D eigenvalue weighted by Gasteiger charge is 2.53. The van der Waals surface area contributed by atoms with E-state index in [4.69, 9.17) is 0 Å². The minimum absolute atomic E-state index is 0.409. The fourth-order valence-corrected chi connectivity index (χ4v) is 5.79. The van der Waals surface area contributed by atoms with E-state index in [0.29, 0.717) is 16.9 Å². The average molecular weight is 222 g/mol. The summed E-state index contributed by atoms with van der Waals surface area (Å²) in [5.74, 6) is 0. The van der Waals surface area contributed by atoms with Crippen LogP contribution in [0.3, 0.4) is 0 Å². The molecule has 1 heterocycles. The van der Waals surface area contributed by atoms with Crippen LogP contribution < -0.4 is 5.57 Å². The summed E-state index contributed by atoms with van der Waals surface area (Å²) in [6.45, 7) is 1.94. The fourth-order valence-electron chi connectivity index (χ4n) is 2.15. The van der Waals surface area contributed by atoms with Crippen LogP contribution in [0, 0.1) is 6.92 Å². The summed E-state index contributed by atoms with van der Waals surface area (Å²) >= 11 is 0. The van der Waals surface area contributed by atoms with E-state index in [1.54, 1.807) is 6.20 Å². The van der Waals surface area contributed by atoms with Gasteiger partial charge in [-0.1, -0.05) is 0 Å². The van der Waals surface area contributed by atoms with Crippen molar-refractivity contribution in [3.8, 4) is 0 Å². The van der Waals surface area contributed by atoms with E-state index in [1.165, 1.54) is 0 Å². The van der Waals surface area contributed by atoms with Crippen molar-refractivity contribution in [3.63, 3.8) is 0 Å². The maximum atomic E-state index is 13.0. The maximum absolute atomic E-state index is 13.0. The third kappa shape index (κ3) is 1.53. The first-order chi connectivity index (χ1) is 7.21. The molecule has 3 nitrogen and oxygen atoms in total. The molecule has 1 aromatic heterocycles. The van der Waals surface area contributed by atoms with Gasteiger partial charge >= 0.3 is 0 Å². The molecule has 4 heteroatoms. The highest BCUT2D eigenvalue weighted by atomic mass is 31.2. The van der Waals surface area contributed by atoms with Crippen LogP contribution >= 0.6 is 7.14 Å². The Bertz CT molecular complexity index is 422. The third-order valence-electron chi connectivity index (χ3n) is 3.27. The van der Waals surface area contributed by atoms with Crippen LogP contribution in [0.5, 0.6) is 0 Å². The van der Waals surface area contributed by atoms with Gasteiger partial charge in [-0.05, 0) is 38.7 Å². The molecule has 0 aliphatic heterocycles. The van der Waals surface area contributed by atoms with Crippen LogP contribution in [0.4, 0.5) is 0 Å². The van der Waals surface area contributed by atoms with Crippen molar-refractivity contribution in [2.24, 2.45) is 0 Å². The molecule has 3 rings (SSSR count). The van der Waals surface area contributed by atoms with Crippen molar-refractivity contribution in [2.45, 2.75) is 43.9 Å². The molecule has 0 N–H and O–H groups in total. The number of hydrogen-bond donors (Lipinski definition) is 0. The number of aryl methyl sites for hydroxylation is 1. The molecular formula is C11H15N2OP. The van der Waals surface area contributed by atoms with Crippen LogP contribution in [0.15, 0.2) is 12.3 Å². The summed E-state index contributed by atoms with van der Waals surface area (Å²) in [5, 5.41) is 0. The lowest BCUT2D eigenvalue weighted by atomic mass is 10.5. The second-order valence-electron chi connectivity index (χ2n) is 4.67. The minimum Gasteiger partial charge on any atom is -0.315 e. The molecule has 0 saturated heterocycles. The van der Waals surface area contributed by atoms with Crippen LogP contribution in [-0.2, 0) is 4.57 Å². The topological polar surface area (TPSA) is 42.9 Å². The van der Waals surface area contributed by atoms with Gasteiger partial charge in [-0.3, -0.25) is 0 Å². The molecule has 1 aromatic rings. The number of rotatable bonds is 3. The molecule has 2 fully saturated rings. The van der Waals surface area contributed by atoms with Crippen LogP contribution in [0.2, 0.25) is 0 Å². The maximum Gasteiger partial charge on any atom is 0.189 e. The molecule has 2 saturated carbocycles. The van der Waals surface area contributed by atoms with Crippen molar-refractivity contribution < 1.29 is 4.57 Å². The van der Waals surface area contributed by atoms with Gasteiger partial charge < -0.3 is 4.57 Å². The van der Waals surface area contributed by atoms with Gasteiger partial charge in [0, 0.05) is 23.2 Å². The molecule has 2 aliphatic carbocycles. The first-order valence-corrected chi connectivity index (χ1v) is 7.45. The molecule has 0 atom stereocenters. The lowest BCUT2D eigenvalue weighted by Crippen LogP contribution is -2.20. The normalized spacial score (nSPS) is 21.7. The molecule has 0 bridgehead atoms. The van der Waals surface area contributed by atoms with Crippen molar-refractivity contribution in [2.75, 3.05) is 0 Å². The Kier molecular flexibility index (Phi) is 2.00. The minimum atomic E-state index is -2.24. The van der Waals surface area contributed by atoms with Gasteiger partial charge in [0.2, 0.25) is 0 Å². The van der Waals surface area contributed by atoms with E-state index in [1.807, 2.05) is 13.0 Å². The first-order valence-electron chi connectivity index (χ1n) is 5.61. The molecular weight excluding hydrogens is 207 g/mol. The molecule has 0 radical (unpaired) electrons. The standard InChI is InChI=1S/C11H15N2OP/c1-8-6-7-12-11(13-8)15(14,9-2-3-9)10-4-5-10/h6-7,9-10H,2-5H2,1H3. The number of nitrogens with zero attached hydrogens (tertiary/aromatic N) is 2. The summed E-state index contributed by atoms with van der Waals surface area (Å²) in [6.07, 6.45) is 6.21. The van der Waals surface area contributed by atoms with Crippen LogP contribution in [-0.4, -0.2) is 21.3 Å². The monoisotopic (exact) mass is 222 g/mol. The first kappa shape index (κ1) is 9.53. The highest BCUT2D eigenvalue weighted by Crippen LogP contribution is 2.68. The summed E-state index contributed by atoms with van der Waals surface area (Å²) in [7, 11) is -2.24. The lowest BCUT2D eigenvalue weighted by Gasteiger charge is -2.15. The summed E-state index contributed by atoms with van der Waals surface area (Å²) < 4.78 is 13.0. The van der Waals surface area contributed by atoms with Gasteiger partial charge in [-0.25, -0.2) is 9.97 Å². The Labute approximate surface area is 89.7 Å². The van der Waals surface area contributed by atoms with Crippen LogP contribution in [0.25, 0.3) is 0 Å². The Balaban J connectivity index is 2.05. The average Bonchev–Trinajstić information content (AvgIpc) is 3.04. The van der Waals surface area contributed by atoms with Crippen molar-refractivity contribution >= 4 is 12.7 Å². The largest absolute Gasteiger partial charge is 0.315 e. The Morgan fingerprint density at radius 2 is 1.87 bits per heavy atom. The quantitative estimate of drug-likeness (QED) is 0.735. The van der Waals surface area contributed by atoms with E-state index in [9.17, 15) is 4.57 Å². The van der Waals surface area contributed by atoms with E-state index in [2.05, 4.69) is 9.97 Å². The lowest BCUT2D eigenvalue weighted by molar-refractivity contribution is 0.577. The molecule has 80 valence electrons. The molecule has 0 amide bonds. The predicted molar refractivity (Wildman–Crippen MR) is 60.1 cm³/mol. The summed E-state index contributed by atoms with van der Waals surface area (Å²) in [6, 6.07) is 1.87. The zero-order valence-corrected chi connectivity index (χ0v) is 9.78. The number of hydrogen-bond acceptors (Lipinski definition) is 3. The zero-order chi connectivity index (χ0) is 10.5. The van der Waals surface area contributed by atoms with Crippen LogP contribution in [0.1, 0.15) is 31.4 Å².